The molecule has 0 aromatic carbocycles. The van der Waals surface area contributed by atoms with Crippen LogP contribution in [-0.4, -0.2) is 25.2 Å². The monoisotopic (exact) mass is 402 g/mol. The van der Waals surface area contributed by atoms with E-state index in [0.29, 0.717) is 25.0 Å². The van der Waals surface area contributed by atoms with Crippen LogP contribution >= 0.6 is 0 Å². The Morgan fingerprint density at radius 1 is 1.21 bits per heavy atom. The van der Waals surface area contributed by atoms with Gasteiger partial charge < -0.3 is 13.9 Å². The van der Waals surface area contributed by atoms with Gasteiger partial charge in [-0.25, -0.2) is 0 Å². The third-order valence-electron chi connectivity index (χ3n) is 7.59. The van der Waals surface area contributed by atoms with E-state index >= 15 is 0 Å². The summed E-state index contributed by atoms with van der Waals surface area (Å²) in [7, 11) is 0. The average Bonchev–Trinajstić information content (AvgIpc) is 3.20. The van der Waals surface area contributed by atoms with Gasteiger partial charge >= 0.3 is 11.9 Å². The molecule has 1 aromatic rings. The van der Waals surface area contributed by atoms with Crippen molar-refractivity contribution in [2.45, 2.75) is 66.2 Å². The molecule has 0 radical (unpaired) electrons. The molecule has 0 bridgehead atoms. The summed E-state index contributed by atoms with van der Waals surface area (Å²) in [5, 5.41) is 0. The Hall–Kier alpha value is -2.04. The molecule has 0 N–H and O–H groups in total. The molecule has 5 heteroatoms. The molecule has 29 heavy (non-hydrogen) atoms. The van der Waals surface area contributed by atoms with Crippen molar-refractivity contribution in [1.82, 2.24) is 0 Å². The van der Waals surface area contributed by atoms with Crippen molar-refractivity contribution in [2.24, 2.45) is 22.7 Å². The fourth-order valence-electron chi connectivity index (χ4n) is 5.72. The van der Waals surface area contributed by atoms with E-state index in [-0.39, 0.29) is 22.8 Å². The van der Waals surface area contributed by atoms with Gasteiger partial charge in [-0.2, -0.15) is 0 Å². The summed E-state index contributed by atoms with van der Waals surface area (Å²) < 4.78 is 16.3. The van der Waals surface area contributed by atoms with Crippen LogP contribution in [0, 0.1) is 22.7 Å². The maximum atomic E-state index is 11.7. The lowest BCUT2D eigenvalue weighted by molar-refractivity contribution is -0.153. The lowest BCUT2D eigenvalue weighted by Crippen LogP contribution is -2.54. The van der Waals surface area contributed by atoms with Crippen LogP contribution in [0.2, 0.25) is 0 Å². The Labute approximate surface area is 173 Å². The van der Waals surface area contributed by atoms with Crippen molar-refractivity contribution >= 4 is 11.9 Å². The van der Waals surface area contributed by atoms with E-state index in [1.54, 1.807) is 6.26 Å². The van der Waals surface area contributed by atoms with Crippen LogP contribution in [0.25, 0.3) is 0 Å². The second-order valence-electron chi connectivity index (χ2n) is 9.15. The van der Waals surface area contributed by atoms with Crippen molar-refractivity contribution in [1.29, 1.82) is 0 Å². The first-order valence-electron chi connectivity index (χ1n) is 10.8. The highest BCUT2D eigenvalue weighted by Gasteiger charge is 2.56. The van der Waals surface area contributed by atoms with Crippen LogP contribution in [0.3, 0.4) is 0 Å². The van der Waals surface area contributed by atoms with Gasteiger partial charge in [0.2, 0.25) is 0 Å². The van der Waals surface area contributed by atoms with E-state index in [2.05, 4.69) is 19.9 Å². The van der Waals surface area contributed by atoms with Crippen LogP contribution in [0.15, 0.2) is 34.7 Å². The molecule has 2 aliphatic carbocycles. The molecule has 0 aliphatic heterocycles. The molecule has 4 unspecified atom stereocenters. The van der Waals surface area contributed by atoms with Crippen molar-refractivity contribution in [2.75, 3.05) is 13.2 Å². The topological polar surface area (TPSA) is 65.7 Å². The minimum absolute atomic E-state index is 0.103. The summed E-state index contributed by atoms with van der Waals surface area (Å²) in [5.74, 6) is 0.412. The molecule has 0 saturated heterocycles. The third kappa shape index (κ3) is 4.44. The molecule has 2 aliphatic rings. The Bertz CT molecular complexity index is 749. The Morgan fingerprint density at radius 2 is 1.97 bits per heavy atom. The predicted octanol–water partition coefficient (Wildman–Crippen LogP) is 5.10. The predicted molar refractivity (Wildman–Crippen MR) is 110 cm³/mol. The molecule has 5 nitrogen and oxygen atoms in total. The van der Waals surface area contributed by atoms with Gasteiger partial charge in [0, 0.05) is 19.3 Å². The van der Waals surface area contributed by atoms with E-state index in [0.717, 1.165) is 44.1 Å². The minimum Gasteiger partial charge on any atom is -0.472 e. The zero-order valence-corrected chi connectivity index (χ0v) is 18.2. The van der Waals surface area contributed by atoms with Gasteiger partial charge in [-0.15, -0.1) is 0 Å². The lowest BCUT2D eigenvalue weighted by atomic mass is 9.46. The maximum Gasteiger partial charge on any atom is 0.302 e. The second kappa shape index (κ2) is 8.76. The van der Waals surface area contributed by atoms with Crippen LogP contribution < -0.4 is 0 Å². The molecular formula is C24H34O5. The second-order valence-corrected chi connectivity index (χ2v) is 9.15. The summed E-state index contributed by atoms with van der Waals surface area (Å²) in [5.41, 5.74) is 2.20. The van der Waals surface area contributed by atoms with Crippen LogP contribution in [0.5, 0.6) is 0 Å². The molecule has 160 valence electrons. The molecule has 0 spiro atoms. The lowest BCUT2D eigenvalue weighted by Gasteiger charge is -2.59. The van der Waals surface area contributed by atoms with Gasteiger partial charge in [0.15, 0.2) is 0 Å². The highest BCUT2D eigenvalue weighted by Crippen LogP contribution is 2.62. The first-order chi connectivity index (χ1) is 13.8. The van der Waals surface area contributed by atoms with Gasteiger partial charge in [-0.3, -0.25) is 9.59 Å². The molecule has 1 fully saturated rings. The van der Waals surface area contributed by atoms with Crippen LogP contribution in [0.4, 0.5) is 0 Å². The number of hydrogen-bond donors (Lipinski definition) is 0. The largest absolute Gasteiger partial charge is 0.472 e. The summed E-state index contributed by atoms with van der Waals surface area (Å²) in [6.45, 7) is 8.33. The molecule has 1 heterocycles. The highest BCUT2D eigenvalue weighted by atomic mass is 16.5. The van der Waals surface area contributed by atoms with E-state index in [1.165, 1.54) is 19.4 Å². The molecule has 3 rings (SSSR count). The molecule has 4 atom stereocenters. The Balaban J connectivity index is 1.92. The van der Waals surface area contributed by atoms with Crippen LogP contribution in [-0.2, 0) is 25.5 Å². The summed E-state index contributed by atoms with van der Waals surface area (Å²) in [6, 6.07) is 2.04. The van der Waals surface area contributed by atoms with Gasteiger partial charge in [0.05, 0.1) is 12.5 Å². The number of allylic oxidation sites excluding steroid dienone is 1. The van der Waals surface area contributed by atoms with E-state index in [1.807, 2.05) is 12.3 Å². The molecule has 1 saturated carbocycles. The van der Waals surface area contributed by atoms with Gasteiger partial charge in [-0.05, 0) is 73.0 Å². The molecule has 0 amide bonds. The van der Waals surface area contributed by atoms with Gasteiger partial charge in [-0.1, -0.05) is 19.9 Å². The van der Waals surface area contributed by atoms with E-state index in [9.17, 15) is 9.59 Å². The SMILES string of the molecule is CC(=O)OCC1=CCCC2C1(COC(C)=O)CCC(C)C2(C)CCc1ccoc1. The maximum absolute atomic E-state index is 11.7. The summed E-state index contributed by atoms with van der Waals surface area (Å²) >= 11 is 0. The number of ether oxygens (including phenoxy) is 2. The van der Waals surface area contributed by atoms with Crippen molar-refractivity contribution in [3.63, 3.8) is 0 Å². The number of furan rings is 1. The number of hydrogen-bond acceptors (Lipinski definition) is 5. The van der Waals surface area contributed by atoms with E-state index in [4.69, 9.17) is 13.9 Å². The Morgan fingerprint density at radius 3 is 2.62 bits per heavy atom. The quantitative estimate of drug-likeness (QED) is 0.469. The van der Waals surface area contributed by atoms with E-state index < -0.39 is 0 Å². The third-order valence-corrected chi connectivity index (χ3v) is 7.59. The van der Waals surface area contributed by atoms with Crippen molar-refractivity contribution < 1.29 is 23.5 Å². The first-order valence-corrected chi connectivity index (χ1v) is 10.8. The minimum atomic E-state index is -0.275. The highest BCUT2D eigenvalue weighted by molar-refractivity contribution is 5.66. The number of carbonyl (C=O) groups excluding carboxylic acids is 2. The normalized spacial score (nSPS) is 31.5. The number of aryl methyl sites for hydroxylation is 1. The molecular weight excluding hydrogens is 368 g/mol. The van der Waals surface area contributed by atoms with Gasteiger partial charge in [0.25, 0.3) is 0 Å². The molecule has 1 aromatic heterocycles. The van der Waals surface area contributed by atoms with Crippen molar-refractivity contribution in [3.8, 4) is 0 Å². The fourth-order valence-corrected chi connectivity index (χ4v) is 5.72. The zero-order chi connectivity index (χ0) is 21.1. The zero-order valence-electron chi connectivity index (χ0n) is 18.2. The first kappa shape index (κ1) is 21.7. The number of esters is 2. The standard InChI is InChI=1S/C24H34O5/c1-17-8-12-24(16-29-19(3)26)21(15-28-18(2)25)6-5-7-22(24)23(17,4)11-9-20-10-13-27-14-20/h6,10,13-14,17,22H,5,7-9,11-12,15-16H2,1-4H3. The van der Waals surface area contributed by atoms with Gasteiger partial charge in [0.1, 0.15) is 13.2 Å². The average molecular weight is 403 g/mol. The fraction of sp³-hybridized carbons (Fsp3) is 0.667. The number of fused-ring (bicyclic) bond motifs is 1. The van der Waals surface area contributed by atoms with Crippen molar-refractivity contribution in [3.05, 3.63) is 35.8 Å². The van der Waals surface area contributed by atoms with Crippen LogP contribution in [0.1, 0.15) is 65.4 Å². The Kier molecular flexibility index (Phi) is 6.55. The number of carbonyl (C=O) groups is 2. The summed E-state index contributed by atoms with van der Waals surface area (Å²) in [4.78, 5) is 23.2. The summed E-state index contributed by atoms with van der Waals surface area (Å²) in [6.07, 6.45) is 11.9. The smallest absolute Gasteiger partial charge is 0.302 e. The number of rotatable bonds is 7.